The predicted octanol–water partition coefficient (Wildman–Crippen LogP) is 4.94. The molecule has 0 fully saturated rings. The molecule has 2 aromatic rings. The number of hydrogen-bond donors (Lipinski definition) is 0. The number of aryl methyl sites for hydroxylation is 3. The van der Waals surface area contributed by atoms with Crippen molar-refractivity contribution in [2.45, 2.75) is 78.3 Å². The normalized spacial score (nSPS) is 11.0. The van der Waals surface area contributed by atoms with Crippen LogP contribution in [0, 0.1) is 0 Å². The van der Waals surface area contributed by atoms with E-state index in [0.29, 0.717) is 0 Å². The highest BCUT2D eigenvalue weighted by atomic mass is 15.1. The van der Waals surface area contributed by atoms with Gasteiger partial charge >= 0.3 is 0 Å². The molecule has 23 heavy (non-hydrogen) atoms. The molecule has 2 nitrogen and oxygen atoms in total. The molecule has 0 N–H and O–H groups in total. The van der Waals surface area contributed by atoms with Crippen LogP contribution in [0.5, 0.6) is 0 Å². The van der Waals surface area contributed by atoms with Crippen molar-refractivity contribution < 1.29 is 4.57 Å². The maximum atomic E-state index is 2.48. The van der Waals surface area contributed by atoms with Crippen molar-refractivity contribution in [2.75, 3.05) is 0 Å². The van der Waals surface area contributed by atoms with E-state index in [9.17, 15) is 0 Å². The van der Waals surface area contributed by atoms with Crippen molar-refractivity contribution in [3.05, 3.63) is 54.1 Å². The average molecular weight is 314 g/mol. The Morgan fingerprint density at radius 2 is 1.65 bits per heavy atom. The quantitative estimate of drug-likeness (QED) is 0.410. The number of unbranched alkanes of at least 4 members (excludes halogenated alkanes) is 4. The fourth-order valence-corrected chi connectivity index (χ4v) is 3.26. The fourth-order valence-electron chi connectivity index (χ4n) is 3.26. The summed E-state index contributed by atoms with van der Waals surface area (Å²) in [6.45, 7) is 6.74. The van der Waals surface area contributed by atoms with Crippen LogP contribution in [0.2, 0.25) is 0 Å². The lowest BCUT2D eigenvalue weighted by Crippen LogP contribution is -2.37. The second kappa shape index (κ2) is 10.3. The van der Waals surface area contributed by atoms with Crippen molar-refractivity contribution in [3.8, 4) is 0 Å². The smallest absolute Gasteiger partial charge is 0.235 e. The van der Waals surface area contributed by atoms with Gasteiger partial charge in [-0.3, -0.25) is 0 Å². The predicted molar refractivity (Wildman–Crippen MR) is 97.5 cm³/mol. The van der Waals surface area contributed by atoms with Gasteiger partial charge in [-0.1, -0.05) is 62.9 Å². The summed E-state index contributed by atoms with van der Waals surface area (Å²) >= 11 is 0. The van der Waals surface area contributed by atoms with Crippen LogP contribution < -0.4 is 4.57 Å². The highest BCUT2D eigenvalue weighted by Gasteiger charge is 2.15. The molecule has 1 aromatic heterocycles. The molecule has 0 aliphatic rings. The Morgan fingerprint density at radius 1 is 0.870 bits per heavy atom. The van der Waals surface area contributed by atoms with E-state index in [0.717, 1.165) is 13.1 Å². The van der Waals surface area contributed by atoms with Gasteiger partial charge in [-0.25, -0.2) is 9.13 Å². The standard InChI is InChI=1S/C21H33N2/c1-3-5-6-7-11-16-21-22(4-2)18-19-23(21)17-12-15-20-13-9-8-10-14-20/h8-10,13-14,18-19H,3-7,11-12,15-17H2,1-2H3/q+1. The first-order valence-corrected chi connectivity index (χ1v) is 9.46. The Hall–Kier alpha value is -1.57. The molecule has 0 saturated carbocycles. The molecule has 2 heteroatoms. The molecular formula is C21H33N2+. The molecule has 126 valence electrons. The first kappa shape index (κ1) is 17.8. The van der Waals surface area contributed by atoms with Crippen molar-refractivity contribution in [3.63, 3.8) is 0 Å². The number of rotatable bonds is 11. The van der Waals surface area contributed by atoms with E-state index in [1.807, 2.05) is 0 Å². The summed E-state index contributed by atoms with van der Waals surface area (Å²) in [6.07, 6.45) is 14.9. The Kier molecular flexibility index (Phi) is 7.92. The number of nitrogens with zero attached hydrogens (tertiary/aromatic N) is 2. The second-order valence-corrected chi connectivity index (χ2v) is 6.45. The van der Waals surface area contributed by atoms with Gasteiger partial charge in [-0.2, -0.15) is 0 Å². The molecule has 0 bridgehead atoms. The molecule has 2 rings (SSSR count). The first-order valence-electron chi connectivity index (χ1n) is 9.46. The van der Waals surface area contributed by atoms with Crippen LogP contribution in [0.15, 0.2) is 42.7 Å². The van der Waals surface area contributed by atoms with Gasteiger partial charge < -0.3 is 0 Å². The van der Waals surface area contributed by atoms with Crippen LogP contribution in [-0.2, 0) is 25.9 Å². The molecule has 0 unspecified atom stereocenters. The molecule has 0 radical (unpaired) electrons. The van der Waals surface area contributed by atoms with Crippen molar-refractivity contribution in [1.82, 2.24) is 4.57 Å². The van der Waals surface area contributed by atoms with Crippen molar-refractivity contribution in [1.29, 1.82) is 0 Å². The van der Waals surface area contributed by atoms with Gasteiger partial charge in [0.15, 0.2) is 0 Å². The van der Waals surface area contributed by atoms with Crippen LogP contribution in [0.4, 0.5) is 0 Å². The SMILES string of the molecule is CCCCCCCc1n(CC)cc[n+]1CCCc1ccccc1. The Morgan fingerprint density at radius 3 is 2.39 bits per heavy atom. The topological polar surface area (TPSA) is 8.81 Å². The lowest BCUT2D eigenvalue weighted by molar-refractivity contribution is -0.704. The summed E-state index contributed by atoms with van der Waals surface area (Å²) in [6, 6.07) is 10.8. The molecule has 0 spiro atoms. The van der Waals surface area contributed by atoms with Gasteiger partial charge in [0.05, 0.1) is 13.1 Å². The van der Waals surface area contributed by atoms with Gasteiger partial charge in [-0.05, 0) is 31.7 Å². The zero-order chi connectivity index (χ0) is 16.3. The molecule has 0 aliphatic heterocycles. The molecule has 1 heterocycles. The minimum absolute atomic E-state index is 1.08. The van der Waals surface area contributed by atoms with E-state index in [1.165, 1.54) is 62.8 Å². The van der Waals surface area contributed by atoms with Crippen LogP contribution in [0.1, 0.15) is 63.8 Å². The molecule has 1 aromatic carbocycles. The summed E-state index contributed by atoms with van der Waals surface area (Å²) in [5.41, 5.74) is 1.45. The maximum Gasteiger partial charge on any atom is 0.256 e. The van der Waals surface area contributed by atoms with Crippen LogP contribution in [-0.4, -0.2) is 4.57 Å². The van der Waals surface area contributed by atoms with Crippen LogP contribution in [0.3, 0.4) is 0 Å². The third-order valence-corrected chi connectivity index (χ3v) is 4.64. The van der Waals surface area contributed by atoms with Gasteiger partial charge in [0.25, 0.3) is 5.82 Å². The summed E-state index contributed by atoms with van der Waals surface area (Å²) < 4.78 is 4.90. The lowest BCUT2D eigenvalue weighted by Gasteiger charge is -2.05. The molecule has 0 saturated heterocycles. The molecule has 0 amide bonds. The third kappa shape index (κ3) is 5.85. The largest absolute Gasteiger partial charge is 0.256 e. The Labute approximate surface area is 142 Å². The highest BCUT2D eigenvalue weighted by Crippen LogP contribution is 2.08. The number of imidazole rings is 1. The fraction of sp³-hybridized carbons (Fsp3) is 0.571. The average Bonchev–Trinajstić information content (AvgIpc) is 2.98. The van der Waals surface area contributed by atoms with Crippen molar-refractivity contribution >= 4 is 0 Å². The second-order valence-electron chi connectivity index (χ2n) is 6.45. The summed E-state index contributed by atoms with van der Waals surface area (Å²) in [5, 5.41) is 0. The van der Waals surface area contributed by atoms with Gasteiger partial charge in [0, 0.05) is 6.42 Å². The van der Waals surface area contributed by atoms with E-state index < -0.39 is 0 Å². The monoisotopic (exact) mass is 313 g/mol. The van der Waals surface area contributed by atoms with E-state index in [1.54, 1.807) is 0 Å². The van der Waals surface area contributed by atoms with Crippen molar-refractivity contribution in [2.24, 2.45) is 0 Å². The minimum atomic E-state index is 1.08. The van der Waals surface area contributed by atoms with E-state index in [-0.39, 0.29) is 0 Å². The van der Waals surface area contributed by atoms with Gasteiger partial charge in [0.2, 0.25) is 0 Å². The minimum Gasteiger partial charge on any atom is -0.235 e. The van der Waals surface area contributed by atoms with Gasteiger partial charge in [-0.15, -0.1) is 0 Å². The third-order valence-electron chi connectivity index (χ3n) is 4.64. The number of hydrogen-bond acceptors (Lipinski definition) is 0. The van der Waals surface area contributed by atoms with E-state index in [4.69, 9.17) is 0 Å². The molecule has 0 aliphatic carbocycles. The summed E-state index contributed by atoms with van der Waals surface area (Å²) in [4.78, 5) is 0. The van der Waals surface area contributed by atoms with E-state index >= 15 is 0 Å². The zero-order valence-electron chi connectivity index (χ0n) is 15.0. The number of aromatic nitrogens is 2. The molecular weight excluding hydrogens is 280 g/mol. The highest BCUT2D eigenvalue weighted by molar-refractivity contribution is 5.14. The maximum absolute atomic E-state index is 2.48. The number of benzene rings is 1. The van der Waals surface area contributed by atoms with E-state index in [2.05, 4.69) is 65.7 Å². The van der Waals surface area contributed by atoms with Crippen LogP contribution in [0.25, 0.3) is 0 Å². The molecule has 0 atom stereocenters. The van der Waals surface area contributed by atoms with Gasteiger partial charge in [0.1, 0.15) is 12.4 Å². The summed E-state index contributed by atoms with van der Waals surface area (Å²) in [7, 11) is 0. The lowest BCUT2D eigenvalue weighted by atomic mass is 10.1. The Balaban J connectivity index is 1.84. The Bertz CT molecular complexity index is 542. The van der Waals surface area contributed by atoms with Crippen LogP contribution >= 0.6 is 0 Å². The zero-order valence-corrected chi connectivity index (χ0v) is 15.0. The first-order chi connectivity index (χ1) is 11.3. The summed E-state index contributed by atoms with van der Waals surface area (Å²) in [5.74, 6) is 1.51.